The molecule has 1 aromatic rings. The third-order valence-corrected chi connectivity index (χ3v) is 3.34. The molecule has 0 radical (unpaired) electrons. The average Bonchev–Trinajstić information content (AvgIpc) is 2.74. The summed E-state index contributed by atoms with van der Waals surface area (Å²) in [6.45, 7) is 4.64. The Labute approximate surface area is 122 Å². The van der Waals surface area contributed by atoms with Gasteiger partial charge in [0, 0.05) is 27.3 Å². The molecule has 110 valence electrons. The summed E-state index contributed by atoms with van der Waals surface area (Å²) in [5, 5.41) is 18.0. The van der Waals surface area contributed by atoms with Crippen molar-refractivity contribution in [2.75, 3.05) is 40.5 Å². The Morgan fingerprint density at radius 2 is 2.11 bits per heavy atom. The Balaban J connectivity index is 2.72. The van der Waals surface area contributed by atoms with E-state index in [1.807, 2.05) is 0 Å². The molecule has 1 aromatic heterocycles. The van der Waals surface area contributed by atoms with Gasteiger partial charge in [-0.3, -0.25) is 4.68 Å². The topological polar surface area (TPSA) is 68.5 Å². The van der Waals surface area contributed by atoms with Crippen LogP contribution < -0.4 is 5.32 Å². The van der Waals surface area contributed by atoms with Gasteiger partial charge >= 0.3 is 0 Å². The summed E-state index contributed by atoms with van der Waals surface area (Å²) in [4.78, 5) is 0. The lowest BCUT2D eigenvalue weighted by molar-refractivity contribution is 0.0433. The summed E-state index contributed by atoms with van der Waals surface area (Å²) in [7, 11) is 3.29. The van der Waals surface area contributed by atoms with Crippen molar-refractivity contribution in [1.29, 1.82) is 0 Å². The maximum absolute atomic E-state index is 10.6. The molecule has 0 amide bonds. The first kappa shape index (κ1) is 16.6. The van der Waals surface area contributed by atoms with Gasteiger partial charge in [-0.25, -0.2) is 0 Å². The Morgan fingerprint density at radius 1 is 1.42 bits per heavy atom. The zero-order valence-electron chi connectivity index (χ0n) is 11.6. The van der Waals surface area contributed by atoms with Gasteiger partial charge in [0.15, 0.2) is 0 Å². The second kappa shape index (κ2) is 7.96. The van der Waals surface area contributed by atoms with Crippen molar-refractivity contribution in [2.24, 2.45) is 0 Å². The summed E-state index contributed by atoms with van der Waals surface area (Å²) < 4.78 is 12.6. The second-order valence-corrected chi connectivity index (χ2v) is 5.35. The van der Waals surface area contributed by atoms with Crippen molar-refractivity contribution in [3.8, 4) is 0 Å². The Kier molecular flexibility index (Phi) is 6.95. The van der Waals surface area contributed by atoms with Crippen LogP contribution in [0.1, 0.15) is 12.6 Å². The molecule has 0 saturated heterocycles. The van der Waals surface area contributed by atoms with E-state index in [0.717, 1.165) is 10.2 Å². The third-order valence-electron chi connectivity index (χ3n) is 2.76. The number of hydrogen-bond acceptors (Lipinski definition) is 5. The molecule has 0 aromatic carbocycles. The molecule has 19 heavy (non-hydrogen) atoms. The highest BCUT2D eigenvalue weighted by Gasteiger charge is 2.29. The Morgan fingerprint density at radius 3 is 2.74 bits per heavy atom. The number of methoxy groups -OCH3 is 2. The van der Waals surface area contributed by atoms with Gasteiger partial charge in [-0.05, 0) is 22.9 Å². The zero-order valence-corrected chi connectivity index (χ0v) is 13.2. The van der Waals surface area contributed by atoms with E-state index >= 15 is 0 Å². The normalized spacial score (nSPS) is 14.6. The highest BCUT2D eigenvalue weighted by molar-refractivity contribution is 9.10. The van der Waals surface area contributed by atoms with Gasteiger partial charge in [-0.1, -0.05) is 0 Å². The van der Waals surface area contributed by atoms with Crippen LogP contribution in [0.15, 0.2) is 10.7 Å². The first-order valence-corrected chi connectivity index (χ1v) is 6.95. The first-order valence-electron chi connectivity index (χ1n) is 6.15. The molecule has 7 heteroatoms. The van der Waals surface area contributed by atoms with Crippen molar-refractivity contribution in [3.05, 3.63) is 16.4 Å². The van der Waals surface area contributed by atoms with Crippen LogP contribution in [0.2, 0.25) is 0 Å². The van der Waals surface area contributed by atoms with E-state index in [1.54, 1.807) is 32.0 Å². The highest BCUT2D eigenvalue weighted by atomic mass is 79.9. The number of nitrogens with one attached hydrogen (secondary N) is 1. The summed E-state index contributed by atoms with van der Waals surface area (Å²) in [6, 6.07) is 0. The van der Waals surface area contributed by atoms with Crippen LogP contribution in [0.25, 0.3) is 0 Å². The van der Waals surface area contributed by atoms with Crippen LogP contribution in [0, 0.1) is 0 Å². The number of ether oxygens (including phenoxy) is 2. The molecule has 6 nitrogen and oxygen atoms in total. The van der Waals surface area contributed by atoms with Crippen molar-refractivity contribution in [2.45, 2.75) is 19.1 Å². The van der Waals surface area contributed by atoms with E-state index in [2.05, 4.69) is 26.3 Å². The highest BCUT2D eigenvalue weighted by Crippen LogP contribution is 2.27. The van der Waals surface area contributed by atoms with Crippen LogP contribution in [0.3, 0.4) is 0 Å². The van der Waals surface area contributed by atoms with Gasteiger partial charge in [0.1, 0.15) is 5.60 Å². The fraction of sp³-hybridized carbons (Fsp3) is 0.750. The molecule has 0 aliphatic carbocycles. The summed E-state index contributed by atoms with van der Waals surface area (Å²) >= 11 is 3.43. The second-order valence-electron chi connectivity index (χ2n) is 4.50. The molecule has 1 unspecified atom stereocenters. The van der Waals surface area contributed by atoms with Gasteiger partial charge in [0.2, 0.25) is 0 Å². The van der Waals surface area contributed by atoms with E-state index in [1.165, 1.54) is 0 Å². The molecule has 1 rings (SSSR count). The minimum absolute atomic E-state index is 0.424. The lowest BCUT2D eigenvalue weighted by atomic mass is 10.0. The number of aliphatic hydroxyl groups is 1. The molecule has 0 spiro atoms. The van der Waals surface area contributed by atoms with Gasteiger partial charge in [0.05, 0.1) is 36.1 Å². The largest absolute Gasteiger partial charge is 0.383 e. The van der Waals surface area contributed by atoms with E-state index in [9.17, 15) is 5.11 Å². The molecular formula is C12H22BrN3O3. The zero-order chi connectivity index (χ0) is 14.3. The number of halogens is 1. The quantitative estimate of drug-likeness (QED) is 0.651. The molecule has 0 bridgehead atoms. The van der Waals surface area contributed by atoms with Crippen LogP contribution >= 0.6 is 15.9 Å². The van der Waals surface area contributed by atoms with Crippen LogP contribution in [0.5, 0.6) is 0 Å². The fourth-order valence-electron chi connectivity index (χ4n) is 1.83. The minimum atomic E-state index is -1.02. The molecule has 0 aliphatic heterocycles. The first-order chi connectivity index (χ1) is 9.03. The lowest BCUT2D eigenvalue weighted by Gasteiger charge is -2.25. The predicted molar refractivity (Wildman–Crippen MR) is 76.1 cm³/mol. The monoisotopic (exact) mass is 335 g/mol. The van der Waals surface area contributed by atoms with Gasteiger partial charge in [0.25, 0.3) is 0 Å². The number of aromatic nitrogens is 2. The minimum Gasteiger partial charge on any atom is -0.383 e. The van der Waals surface area contributed by atoms with Gasteiger partial charge < -0.3 is 19.9 Å². The lowest BCUT2D eigenvalue weighted by Crippen LogP contribution is -2.39. The van der Waals surface area contributed by atoms with Gasteiger partial charge in [-0.15, -0.1) is 0 Å². The van der Waals surface area contributed by atoms with E-state index in [0.29, 0.717) is 32.8 Å². The number of rotatable bonds is 9. The van der Waals surface area contributed by atoms with E-state index < -0.39 is 5.60 Å². The van der Waals surface area contributed by atoms with Crippen LogP contribution in [0.4, 0.5) is 0 Å². The SMILES string of the molecule is COCCNCC(C)(O)c1c(Br)cnn1CCOC. The Hall–Kier alpha value is -0.470. The molecule has 0 aliphatic rings. The van der Waals surface area contributed by atoms with Crippen LogP contribution in [-0.2, 0) is 21.6 Å². The number of hydrogen-bond donors (Lipinski definition) is 2. The summed E-state index contributed by atoms with van der Waals surface area (Å²) in [6.07, 6.45) is 1.69. The smallest absolute Gasteiger partial charge is 0.117 e. The maximum atomic E-state index is 10.6. The molecule has 0 saturated carbocycles. The van der Waals surface area contributed by atoms with Gasteiger partial charge in [-0.2, -0.15) is 5.10 Å². The molecule has 2 N–H and O–H groups in total. The van der Waals surface area contributed by atoms with Crippen molar-refractivity contribution in [1.82, 2.24) is 15.1 Å². The Bertz CT molecular complexity index is 382. The van der Waals surface area contributed by atoms with E-state index in [-0.39, 0.29) is 0 Å². The van der Waals surface area contributed by atoms with Crippen molar-refractivity contribution >= 4 is 15.9 Å². The summed E-state index contributed by atoms with van der Waals surface area (Å²) in [5.74, 6) is 0. The fourth-order valence-corrected chi connectivity index (χ4v) is 2.56. The van der Waals surface area contributed by atoms with Crippen LogP contribution in [-0.4, -0.2) is 55.4 Å². The molecule has 1 heterocycles. The number of nitrogens with zero attached hydrogens (tertiary/aromatic N) is 2. The average molecular weight is 336 g/mol. The standard InChI is InChI=1S/C12H22BrN3O3/c1-12(17,9-14-4-6-18-2)11-10(13)8-15-16(11)5-7-19-3/h8,14,17H,4-7,9H2,1-3H3. The molecule has 0 fully saturated rings. The third kappa shape index (κ3) is 4.85. The molecule has 1 atom stereocenters. The van der Waals surface area contributed by atoms with E-state index in [4.69, 9.17) is 9.47 Å². The summed E-state index contributed by atoms with van der Waals surface area (Å²) in [5.41, 5.74) is -0.272. The van der Waals surface area contributed by atoms with Crippen molar-refractivity contribution in [3.63, 3.8) is 0 Å². The molecular weight excluding hydrogens is 314 g/mol. The van der Waals surface area contributed by atoms with Crippen molar-refractivity contribution < 1.29 is 14.6 Å². The maximum Gasteiger partial charge on any atom is 0.117 e. The predicted octanol–water partition coefficient (Wildman–Crippen LogP) is 0.735.